The Balaban J connectivity index is 2.06. The number of benzene rings is 1. The normalized spacial score (nSPS) is 15.0. The van der Waals surface area contributed by atoms with E-state index in [0.717, 1.165) is 0 Å². The van der Waals surface area contributed by atoms with Crippen LogP contribution in [0, 0.1) is 0 Å². The number of methoxy groups -OCH3 is 1. The molecular formula is C13H17NO4. The smallest absolute Gasteiger partial charge is 0.251 e. The summed E-state index contributed by atoms with van der Waals surface area (Å²) in [5, 5.41) is 2.84. The third kappa shape index (κ3) is 2.92. The summed E-state index contributed by atoms with van der Waals surface area (Å²) in [6.45, 7) is 3.43. The molecule has 0 aliphatic carbocycles. The average Bonchev–Trinajstić information content (AvgIpc) is 2.38. The summed E-state index contributed by atoms with van der Waals surface area (Å²) in [6, 6.07) is 5.14. The summed E-state index contributed by atoms with van der Waals surface area (Å²) in [5.74, 6) is 1.16. The second-order valence-electron chi connectivity index (χ2n) is 4.19. The van der Waals surface area contributed by atoms with Gasteiger partial charge in [-0.1, -0.05) is 0 Å². The monoisotopic (exact) mass is 251 g/mol. The van der Waals surface area contributed by atoms with E-state index in [4.69, 9.17) is 14.2 Å². The maximum atomic E-state index is 12.0. The molecule has 0 aromatic heterocycles. The highest BCUT2D eigenvalue weighted by atomic mass is 16.6. The predicted molar refractivity (Wildman–Crippen MR) is 66.2 cm³/mol. The van der Waals surface area contributed by atoms with Gasteiger partial charge in [0.15, 0.2) is 11.5 Å². The minimum absolute atomic E-state index is 0.0318. The summed E-state index contributed by atoms with van der Waals surface area (Å²) in [5.41, 5.74) is 0.558. The fraction of sp³-hybridized carbons (Fsp3) is 0.462. The molecule has 1 aliphatic heterocycles. The molecular weight excluding hydrogens is 234 g/mol. The minimum Gasteiger partial charge on any atom is -0.486 e. The van der Waals surface area contributed by atoms with Crippen LogP contribution in [0.2, 0.25) is 0 Å². The topological polar surface area (TPSA) is 56.8 Å². The van der Waals surface area contributed by atoms with Crippen LogP contribution in [0.1, 0.15) is 17.3 Å². The summed E-state index contributed by atoms with van der Waals surface area (Å²) >= 11 is 0. The number of nitrogens with one attached hydrogen (secondary N) is 1. The molecule has 5 heteroatoms. The standard InChI is InChI=1S/C13H17NO4/c1-9(8-16-2)14-13(15)10-3-4-11-12(7-10)18-6-5-17-11/h3-4,7,9H,5-6,8H2,1-2H3,(H,14,15). The second kappa shape index (κ2) is 5.73. The maximum absolute atomic E-state index is 12.0. The molecule has 1 amide bonds. The zero-order chi connectivity index (χ0) is 13.0. The maximum Gasteiger partial charge on any atom is 0.251 e. The summed E-state index contributed by atoms with van der Waals surface area (Å²) in [6.07, 6.45) is 0. The first-order chi connectivity index (χ1) is 8.70. The van der Waals surface area contributed by atoms with Gasteiger partial charge in [-0.15, -0.1) is 0 Å². The van der Waals surface area contributed by atoms with Crippen molar-refractivity contribution in [2.45, 2.75) is 13.0 Å². The van der Waals surface area contributed by atoms with Crippen molar-refractivity contribution in [3.05, 3.63) is 23.8 Å². The number of fused-ring (bicyclic) bond motifs is 1. The van der Waals surface area contributed by atoms with Gasteiger partial charge in [-0.25, -0.2) is 0 Å². The van der Waals surface area contributed by atoms with E-state index in [1.54, 1.807) is 25.3 Å². The Morgan fingerprint density at radius 3 is 2.83 bits per heavy atom. The lowest BCUT2D eigenvalue weighted by molar-refractivity contribution is 0.0904. The van der Waals surface area contributed by atoms with Gasteiger partial charge in [-0.3, -0.25) is 4.79 Å². The van der Waals surface area contributed by atoms with Crippen LogP contribution in [0.25, 0.3) is 0 Å². The third-order valence-electron chi connectivity index (χ3n) is 2.60. The van der Waals surface area contributed by atoms with Crippen molar-refractivity contribution >= 4 is 5.91 Å². The van der Waals surface area contributed by atoms with Crippen molar-refractivity contribution in [3.63, 3.8) is 0 Å². The molecule has 1 aromatic rings. The van der Waals surface area contributed by atoms with Gasteiger partial charge in [-0.05, 0) is 25.1 Å². The largest absolute Gasteiger partial charge is 0.486 e. The molecule has 1 atom stereocenters. The highest BCUT2D eigenvalue weighted by Crippen LogP contribution is 2.30. The average molecular weight is 251 g/mol. The van der Waals surface area contributed by atoms with E-state index in [2.05, 4.69) is 5.32 Å². The van der Waals surface area contributed by atoms with Crippen molar-refractivity contribution in [1.29, 1.82) is 0 Å². The highest BCUT2D eigenvalue weighted by Gasteiger charge is 2.15. The Hall–Kier alpha value is -1.75. The lowest BCUT2D eigenvalue weighted by Gasteiger charge is -2.19. The molecule has 2 rings (SSSR count). The second-order valence-corrected chi connectivity index (χ2v) is 4.19. The van der Waals surface area contributed by atoms with Crippen molar-refractivity contribution < 1.29 is 19.0 Å². The minimum atomic E-state index is -0.142. The Morgan fingerprint density at radius 1 is 1.39 bits per heavy atom. The zero-order valence-corrected chi connectivity index (χ0v) is 10.6. The number of rotatable bonds is 4. The molecule has 0 fully saturated rings. The SMILES string of the molecule is COCC(C)NC(=O)c1ccc2c(c1)OCCO2. The molecule has 0 spiro atoms. The van der Waals surface area contributed by atoms with Crippen LogP contribution < -0.4 is 14.8 Å². The number of ether oxygens (including phenoxy) is 3. The van der Waals surface area contributed by atoms with Gasteiger partial charge in [0.25, 0.3) is 5.91 Å². The number of carbonyl (C=O) groups is 1. The lowest BCUT2D eigenvalue weighted by Crippen LogP contribution is -2.35. The van der Waals surface area contributed by atoms with E-state index in [1.807, 2.05) is 6.92 Å². The quantitative estimate of drug-likeness (QED) is 0.874. The van der Waals surface area contributed by atoms with Crippen molar-refractivity contribution in [2.75, 3.05) is 26.9 Å². The van der Waals surface area contributed by atoms with Crippen LogP contribution in [-0.4, -0.2) is 38.9 Å². The molecule has 1 heterocycles. The molecule has 0 radical (unpaired) electrons. The first-order valence-electron chi connectivity index (χ1n) is 5.90. The number of hydrogen-bond donors (Lipinski definition) is 1. The summed E-state index contributed by atoms with van der Waals surface area (Å²) < 4.78 is 15.8. The highest BCUT2D eigenvalue weighted by molar-refractivity contribution is 5.95. The Morgan fingerprint density at radius 2 is 2.11 bits per heavy atom. The van der Waals surface area contributed by atoms with E-state index in [9.17, 15) is 4.79 Å². The molecule has 0 saturated carbocycles. The van der Waals surface area contributed by atoms with Crippen LogP contribution in [0.4, 0.5) is 0 Å². The lowest BCUT2D eigenvalue weighted by atomic mass is 10.1. The van der Waals surface area contributed by atoms with Gasteiger partial charge in [-0.2, -0.15) is 0 Å². The van der Waals surface area contributed by atoms with E-state index >= 15 is 0 Å². The van der Waals surface area contributed by atoms with Crippen molar-refractivity contribution in [1.82, 2.24) is 5.32 Å². The van der Waals surface area contributed by atoms with Gasteiger partial charge in [0.05, 0.1) is 6.61 Å². The fourth-order valence-corrected chi connectivity index (χ4v) is 1.78. The number of amides is 1. The van der Waals surface area contributed by atoms with E-state index in [-0.39, 0.29) is 11.9 Å². The van der Waals surface area contributed by atoms with Crippen LogP contribution in [-0.2, 0) is 4.74 Å². The molecule has 1 aromatic carbocycles. The van der Waals surface area contributed by atoms with Gasteiger partial charge in [0.1, 0.15) is 13.2 Å². The molecule has 0 bridgehead atoms. The van der Waals surface area contributed by atoms with Gasteiger partial charge in [0.2, 0.25) is 0 Å². The molecule has 98 valence electrons. The van der Waals surface area contributed by atoms with E-state index in [0.29, 0.717) is 36.9 Å². The van der Waals surface area contributed by atoms with Crippen LogP contribution in [0.15, 0.2) is 18.2 Å². The Bertz CT molecular complexity index is 433. The zero-order valence-electron chi connectivity index (χ0n) is 10.6. The Kier molecular flexibility index (Phi) is 4.04. The molecule has 0 saturated heterocycles. The number of hydrogen-bond acceptors (Lipinski definition) is 4. The Labute approximate surface area is 106 Å². The van der Waals surface area contributed by atoms with Crippen LogP contribution in [0.3, 0.4) is 0 Å². The molecule has 5 nitrogen and oxygen atoms in total. The summed E-state index contributed by atoms with van der Waals surface area (Å²) in [7, 11) is 1.60. The molecule has 1 N–H and O–H groups in total. The van der Waals surface area contributed by atoms with Crippen LogP contribution in [0.5, 0.6) is 11.5 Å². The third-order valence-corrected chi connectivity index (χ3v) is 2.60. The van der Waals surface area contributed by atoms with Gasteiger partial charge < -0.3 is 19.5 Å². The molecule has 1 unspecified atom stereocenters. The fourth-order valence-electron chi connectivity index (χ4n) is 1.78. The van der Waals surface area contributed by atoms with E-state index in [1.165, 1.54) is 0 Å². The molecule has 18 heavy (non-hydrogen) atoms. The number of carbonyl (C=O) groups excluding carboxylic acids is 1. The van der Waals surface area contributed by atoms with Gasteiger partial charge >= 0.3 is 0 Å². The van der Waals surface area contributed by atoms with Crippen molar-refractivity contribution in [3.8, 4) is 11.5 Å². The first-order valence-corrected chi connectivity index (χ1v) is 5.90. The predicted octanol–water partition coefficient (Wildman–Crippen LogP) is 1.22. The van der Waals surface area contributed by atoms with Gasteiger partial charge in [0, 0.05) is 18.7 Å². The summed E-state index contributed by atoms with van der Waals surface area (Å²) in [4.78, 5) is 12.0. The van der Waals surface area contributed by atoms with Crippen LogP contribution >= 0.6 is 0 Å². The van der Waals surface area contributed by atoms with Crippen molar-refractivity contribution in [2.24, 2.45) is 0 Å². The first kappa shape index (κ1) is 12.7. The van der Waals surface area contributed by atoms with E-state index < -0.39 is 0 Å². The molecule has 1 aliphatic rings.